The molecule has 0 saturated carbocycles. The average molecular weight is 669 g/mol. The van der Waals surface area contributed by atoms with Gasteiger partial charge in [0, 0.05) is 22.0 Å². The maximum absolute atomic E-state index is 14.7. The Morgan fingerprint density at radius 2 is 1.04 bits per heavy atom. The predicted molar refractivity (Wildman–Crippen MR) is 205 cm³/mol. The lowest BCUT2D eigenvalue weighted by molar-refractivity contribution is 0.0935. The van der Waals surface area contributed by atoms with E-state index < -0.39 is 6.23 Å². The second kappa shape index (κ2) is 12.3. The lowest BCUT2D eigenvalue weighted by Crippen LogP contribution is -2.27. The van der Waals surface area contributed by atoms with E-state index in [1.807, 2.05) is 109 Å². The molecule has 0 radical (unpaired) electrons. The average Bonchev–Trinajstić information content (AvgIpc) is 3.67. The molecule has 7 aromatic carbocycles. The zero-order valence-electron chi connectivity index (χ0n) is 27.7. The second-order valence-corrected chi connectivity index (χ2v) is 12.9. The Morgan fingerprint density at radius 1 is 0.519 bits per heavy atom. The van der Waals surface area contributed by atoms with Crippen LogP contribution in [0.2, 0.25) is 0 Å². The van der Waals surface area contributed by atoms with Crippen LogP contribution >= 0.6 is 0 Å². The Kier molecular flexibility index (Phi) is 7.26. The number of hydrogen-bond acceptors (Lipinski definition) is 4. The number of carbonyl (C=O) groups excluding carboxylic acids is 1. The van der Waals surface area contributed by atoms with Gasteiger partial charge in [0.1, 0.15) is 0 Å². The highest BCUT2D eigenvalue weighted by Crippen LogP contribution is 2.43. The van der Waals surface area contributed by atoms with Gasteiger partial charge in [0.2, 0.25) is 0 Å². The van der Waals surface area contributed by atoms with Gasteiger partial charge in [0.25, 0.3) is 5.91 Å². The molecule has 0 fully saturated rings. The second-order valence-electron chi connectivity index (χ2n) is 12.9. The molecule has 6 nitrogen and oxygen atoms in total. The van der Waals surface area contributed by atoms with Gasteiger partial charge in [-0.15, -0.1) is 0 Å². The van der Waals surface area contributed by atoms with Crippen LogP contribution in [0.4, 0.5) is 5.69 Å². The summed E-state index contributed by atoms with van der Waals surface area (Å²) in [4.78, 5) is 16.1. The Balaban J connectivity index is 1.27. The highest BCUT2D eigenvalue weighted by atomic mass is 16.3. The Bertz CT molecular complexity index is 2710. The standard InChI is InChI=1S/C46H28N4O2/c47-27-29-8-4-12-32(22-29)35-18-20-38-39-21-19-36(33-13-5-9-30(23-33)28-48)26-43(39)50(42(38)25-35)41-17-7-16-40-44(41)46(52)49(45(40)51)37-15-6-14-34(24-37)31-10-2-1-3-11-31/h1-26,45,51H. The van der Waals surface area contributed by atoms with Crippen molar-refractivity contribution in [2.45, 2.75) is 6.23 Å². The third kappa shape index (κ3) is 4.95. The lowest BCUT2D eigenvalue weighted by Gasteiger charge is -2.21. The maximum Gasteiger partial charge on any atom is 0.263 e. The molecule has 0 bridgehead atoms. The third-order valence-electron chi connectivity index (χ3n) is 9.92. The van der Waals surface area contributed by atoms with Crippen molar-refractivity contribution in [1.29, 1.82) is 10.5 Å². The molecular weight excluding hydrogens is 641 g/mol. The molecular formula is C46H28N4O2. The molecule has 6 heteroatoms. The molecule has 52 heavy (non-hydrogen) atoms. The van der Waals surface area contributed by atoms with Crippen molar-refractivity contribution < 1.29 is 9.90 Å². The third-order valence-corrected chi connectivity index (χ3v) is 9.92. The van der Waals surface area contributed by atoms with Crippen molar-refractivity contribution in [2.24, 2.45) is 0 Å². The zero-order valence-corrected chi connectivity index (χ0v) is 27.7. The van der Waals surface area contributed by atoms with Crippen molar-refractivity contribution in [3.8, 4) is 51.2 Å². The number of nitrogens with zero attached hydrogens (tertiary/aromatic N) is 4. The molecule has 1 aromatic heterocycles. The first-order valence-corrected chi connectivity index (χ1v) is 16.9. The van der Waals surface area contributed by atoms with E-state index in [0.29, 0.717) is 33.6 Å². The van der Waals surface area contributed by atoms with Gasteiger partial charge in [0.05, 0.1) is 45.5 Å². The quantitative estimate of drug-likeness (QED) is 0.198. The predicted octanol–water partition coefficient (Wildman–Crippen LogP) is 10.2. The monoisotopic (exact) mass is 668 g/mol. The van der Waals surface area contributed by atoms with Crippen LogP contribution < -0.4 is 4.90 Å². The van der Waals surface area contributed by atoms with Crippen LogP contribution in [0.5, 0.6) is 0 Å². The molecule has 0 spiro atoms. The number of aliphatic hydroxyl groups is 1. The SMILES string of the molecule is N#Cc1cccc(-c2ccc3c4ccc(-c5cccc(C#N)c5)cc4n(-c4cccc5c4C(=O)N(c4cccc(-c6ccccc6)c4)C5O)c3c2)c1. The van der Waals surface area contributed by atoms with Crippen LogP contribution in [0.1, 0.15) is 33.3 Å². The van der Waals surface area contributed by atoms with E-state index in [9.17, 15) is 20.4 Å². The van der Waals surface area contributed by atoms with Crippen molar-refractivity contribution in [2.75, 3.05) is 4.90 Å². The van der Waals surface area contributed by atoms with Crippen LogP contribution in [0.25, 0.3) is 60.9 Å². The summed E-state index contributed by atoms with van der Waals surface area (Å²) in [5, 5.41) is 33.0. The van der Waals surface area contributed by atoms with Gasteiger partial charge in [-0.2, -0.15) is 10.5 Å². The first-order chi connectivity index (χ1) is 25.5. The number of aromatic nitrogens is 1. The van der Waals surface area contributed by atoms with Crippen molar-refractivity contribution in [3.05, 3.63) is 180 Å². The lowest BCUT2D eigenvalue weighted by atomic mass is 10.0. The van der Waals surface area contributed by atoms with Gasteiger partial charge in [0.15, 0.2) is 6.23 Å². The molecule has 0 aliphatic carbocycles. The summed E-state index contributed by atoms with van der Waals surface area (Å²) in [5.74, 6) is -0.297. The molecule has 0 saturated heterocycles. The van der Waals surface area contributed by atoms with Crippen LogP contribution in [-0.4, -0.2) is 15.6 Å². The largest absolute Gasteiger partial charge is 0.369 e. The Morgan fingerprint density at radius 3 is 1.63 bits per heavy atom. The van der Waals surface area contributed by atoms with Gasteiger partial charge in [-0.05, 0) is 88.0 Å². The number of aliphatic hydroxyl groups excluding tert-OH is 1. The van der Waals surface area contributed by atoms with E-state index in [0.717, 1.165) is 55.2 Å². The van der Waals surface area contributed by atoms with E-state index in [4.69, 9.17) is 0 Å². The number of hydrogen-bond donors (Lipinski definition) is 1. The summed E-state index contributed by atoms with van der Waals surface area (Å²) < 4.78 is 2.10. The number of anilines is 1. The molecule has 1 amide bonds. The van der Waals surface area contributed by atoms with E-state index in [1.165, 1.54) is 4.90 Å². The smallest absolute Gasteiger partial charge is 0.263 e. The van der Waals surface area contributed by atoms with Gasteiger partial charge < -0.3 is 9.67 Å². The first kappa shape index (κ1) is 30.8. The molecule has 1 aliphatic heterocycles. The van der Waals surface area contributed by atoms with Crippen molar-refractivity contribution >= 4 is 33.4 Å². The van der Waals surface area contributed by atoms with Gasteiger partial charge >= 0.3 is 0 Å². The van der Waals surface area contributed by atoms with Gasteiger partial charge in [-0.1, -0.05) is 103 Å². The van der Waals surface area contributed by atoms with Crippen molar-refractivity contribution in [3.63, 3.8) is 0 Å². The summed E-state index contributed by atoms with van der Waals surface area (Å²) in [6, 6.07) is 55.2. The van der Waals surface area contributed by atoms with Crippen LogP contribution in [0.15, 0.2) is 158 Å². The fourth-order valence-electron chi connectivity index (χ4n) is 7.46. The molecule has 9 rings (SSSR count). The highest BCUT2D eigenvalue weighted by Gasteiger charge is 2.39. The summed E-state index contributed by atoms with van der Waals surface area (Å²) in [6.45, 7) is 0. The number of fused-ring (bicyclic) bond motifs is 4. The normalized spacial score (nSPS) is 13.6. The molecule has 1 unspecified atom stereocenters. The molecule has 1 aliphatic rings. The van der Waals surface area contributed by atoms with Gasteiger partial charge in [-0.3, -0.25) is 9.69 Å². The number of amides is 1. The van der Waals surface area contributed by atoms with E-state index >= 15 is 0 Å². The maximum atomic E-state index is 14.7. The molecule has 8 aromatic rings. The molecule has 1 atom stereocenters. The van der Waals surface area contributed by atoms with E-state index in [1.54, 1.807) is 12.1 Å². The number of carbonyl (C=O) groups is 1. The number of nitriles is 2. The van der Waals surface area contributed by atoms with Gasteiger partial charge in [-0.25, -0.2) is 0 Å². The summed E-state index contributed by atoms with van der Waals surface area (Å²) in [7, 11) is 0. The zero-order chi connectivity index (χ0) is 35.3. The minimum Gasteiger partial charge on any atom is -0.369 e. The Labute approximate surface area is 299 Å². The molecule has 244 valence electrons. The van der Waals surface area contributed by atoms with Crippen LogP contribution in [0, 0.1) is 22.7 Å². The summed E-state index contributed by atoms with van der Waals surface area (Å²) in [5.41, 5.74) is 10.7. The van der Waals surface area contributed by atoms with Crippen LogP contribution in [0.3, 0.4) is 0 Å². The fraction of sp³-hybridized carbons (Fsp3) is 0.0217. The highest BCUT2D eigenvalue weighted by molar-refractivity contribution is 6.16. The number of rotatable bonds is 5. The summed E-state index contributed by atoms with van der Waals surface area (Å²) in [6.07, 6.45) is -1.19. The molecule has 2 heterocycles. The first-order valence-electron chi connectivity index (χ1n) is 16.9. The number of benzene rings is 7. The van der Waals surface area contributed by atoms with Crippen LogP contribution in [-0.2, 0) is 0 Å². The van der Waals surface area contributed by atoms with Crippen molar-refractivity contribution in [1.82, 2.24) is 4.57 Å². The Hall–Kier alpha value is -7.25. The van der Waals surface area contributed by atoms with E-state index in [2.05, 4.69) is 53.1 Å². The minimum atomic E-state index is -1.19. The summed E-state index contributed by atoms with van der Waals surface area (Å²) >= 11 is 0. The topological polar surface area (TPSA) is 93.0 Å². The molecule has 1 N–H and O–H groups in total. The fourth-order valence-corrected chi connectivity index (χ4v) is 7.46. The minimum absolute atomic E-state index is 0.297. The van der Waals surface area contributed by atoms with E-state index in [-0.39, 0.29) is 5.91 Å².